The smallest absolute Gasteiger partial charge is 0.306 e. The maximum Gasteiger partial charge on any atom is 0.306 e. The quantitative estimate of drug-likeness (QED) is 0.0261. The van der Waals surface area contributed by atoms with E-state index in [1.54, 1.807) is 0 Å². The number of rotatable bonds is 58. The van der Waals surface area contributed by atoms with Gasteiger partial charge in [0.1, 0.15) is 13.2 Å². The fraction of sp³-hybridized carbons (Fsp3) is 0.779. The van der Waals surface area contributed by atoms with E-state index in [1.807, 2.05) is 0 Å². The van der Waals surface area contributed by atoms with Crippen LogP contribution in [0.15, 0.2) is 72.9 Å². The molecule has 0 amide bonds. The highest BCUT2D eigenvalue weighted by atomic mass is 16.6. The van der Waals surface area contributed by atoms with Gasteiger partial charge in [0.25, 0.3) is 0 Å². The minimum absolute atomic E-state index is 0.0887. The summed E-state index contributed by atoms with van der Waals surface area (Å²) in [5, 5.41) is 0. The lowest BCUT2D eigenvalue weighted by atomic mass is 10.0. The van der Waals surface area contributed by atoms with Gasteiger partial charge < -0.3 is 14.2 Å². The Morgan fingerprint density at radius 1 is 0.284 bits per heavy atom. The predicted molar refractivity (Wildman–Crippen MR) is 321 cm³/mol. The minimum Gasteiger partial charge on any atom is -0.462 e. The predicted octanol–water partition coefficient (Wildman–Crippen LogP) is 21.7. The fourth-order valence-electron chi connectivity index (χ4n) is 9.17. The van der Waals surface area contributed by atoms with E-state index in [4.69, 9.17) is 14.2 Å². The van der Waals surface area contributed by atoms with Gasteiger partial charge >= 0.3 is 17.9 Å². The lowest BCUT2D eigenvalue weighted by Gasteiger charge is -2.18. The first-order valence-corrected chi connectivity index (χ1v) is 31.9. The molecule has 0 aliphatic carbocycles. The topological polar surface area (TPSA) is 78.9 Å². The van der Waals surface area contributed by atoms with Crippen molar-refractivity contribution in [1.82, 2.24) is 0 Å². The normalized spacial score (nSPS) is 12.5. The van der Waals surface area contributed by atoms with E-state index < -0.39 is 6.10 Å². The zero-order valence-corrected chi connectivity index (χ0v) is 49.1. The van der Waals surface area contributed by atoms with E-state index >= 15 is 0 Å². The Labute approximate surface area is 459 Å². The van der Waals surface area contributed by atoms with Crippen LogP contribution in [0.1, 0.15) is 323 Å². The summed E-state index contributed by atoms with van der Waals surface area (Å²) in [5.41, 5.74) is 0. The molecule has 0 saturated carbocycles. The van der Waals surface area contributed by atoms with Gasteiger partial charge in [-0.2, -0.15) is 0 Å². The number of hydrogen-bond donors (Lipinski definition) is 0. The Kier molecular flexibility index (Phi) is 59.7. The van der Waals surface area contributed by atoms with Crippen LogP contribution in [0.2, 0.25) is 0 Å². The summed E-state index contributed by atoms with van der Waals surface area (Å²) in [7, 11) is 0. The summed E-state index contributed by atoms with van der Waals surface area (Å²) in [5.74, 6) is -0.914. The third-order valence-electron chi connectivity index (χ3n) is 13.9. The third kappa shape index (κ3) is 59.7. The molecular weight excluding hydrogens is 913 g/mol. The summed E-state index contributed by atoms with van der Waals surface area (Å²) in [6, 6.07) is 0. The zero-order valence-electron chi connectivity index (χ0n) is 49.1. The summed E-state index contributed by atoms with van der Waals surface area (Å²) >= 11 is 0. The second-order valence-electron chi connectivity index (χ2n) is 21.3. The highest BCUT2D eigenvalue weighted by Gasteiger charge is 2.19. The lowest BCUT2D eigenvalue weighted by Crippen LogP contribution is -2.30. The van der Waals surface area contributed by atoms with Crippen LogP contribution in [0.5, 0.6) is 0 Å². The lowest BCUT2D eigenvalue weighted by molar-refractivity contribution is -0.167. The molecule has 428 valence electrons. The summed E-state index contributed by atoms with van der Waals surface area (Å²) in [6.07, 6.45) is 80.5. The standard InChI is InChI=1S/C68H120O6/c1-4-7-10-13-16-19-22-25-28-30-32-33-34-36-37-40-43-46-49-52-55-58-61-67(70)73-64-65(63-72-66(69)60-57-54-51-48-45-42-39-27-24-21-18-15-12-9-6-3)74-68(71)62-59-56-53-50-47-44-41-38-35-31-29-26-23-20-17-14-11-8-5-2/h8,11,17,20,26-27,29,35,38-39,44,47,65H,4-7,9-10,12-16,18-19,21-25,28,30-34,36-37,40-43,45-46,48-64H2,1-3H3/b11-8-,20-17-,29-26-,38-35-,39-27-,47-44-. The fourth-order valence-corrected chi connectivity index (χ4v) is 9.17. The molecule has 0 fully saturated rings. The van der Waals surface area contributed by atoms with E-state index in [1.165, 1.54) is 180 Å². The Hall–Kier alpha value is -3.15. The largest absolute Gasteiger partial charge is 0.462 e. The number of hydrogen-bond acceptors (Lipinski definition) is 6. The number of carbonyl (C=O) groups is 3. The molecule has 0 heterocycles. The molecule has 0 rings (SSSR count). The first-order chi connectivity index (χ1) is 36.5. The van der Waals surface area contributed by atoms with Crippen LogP contribution in [0.4, 0.5) is 0 Å². The van der Waals surface area contributed by atoms with E-state index in [0.717, 1.165) is 103 Å². The van der Waals surface area contributed by atoms with Crippen LogP contribution in [0, 0.1) is 0 Å². The molecule has 0 N–H and O–H groups in total. The van der Waals surface area contributed by atoms with Gasteiger partial charge in [-0.05, 0) is 89.9 Å². The third-order valence-corrected chi connectivity index (χ3v) is 13.9. The summed E-state index contributed by atoms with van der Waals surface area (Å²) in [4.78, 5) is 38.3. The molecule has 0 aromatic carbocycles. The summed E-state index contributed by atoms with van der Waals surface area (Å²) < 4.78 is 16.9. The average Bonchev–Trinajstić information content (AvgIpc) is 3.40. The van der Waals surface area contributed by atoms with Crippen LogP contribution < -0.4 is 0 Å². The number of unbranched alkanes of at least 4 members (excludes halogenated alkanes) is 35. The highest BCUT2D eigenvalue weighted by molar-refractivity contribution is 5.71. The van der Waals surface area contributed by atoms with Gasteiger partial charge in [0.05, 0.1) is 0 Å². The first kappa shape index (κ1) is 70.8. The Balaban J connectivity index is 4.38. The van der Waals surface area contributed by atoms with Crippen LogP contribution in [-0.2, 0) is 28.6 Å². The summed E-state index contributed by atoms with van der Waals surface area (Å²) in [6.45, 7) is 6.53. The van der Waals surface area contributed by atoms with Crippen LogP contribution in [0.3, 0.4) is 0 Å². The second kappa shape index (κ2) is 62.4. The molecule has 1 atom stereocenters. The van der Waals surface area contributed by atoms with Crippen LogP contribution in [-0.4, -0.2) is 37.2 Å². The van der Waals surface area contributed by atoms with Gasteiger partial charge in [-0.15, -0.1) is 0 Å². The highest BCUT2D eigenvalue weighted by Crippen LogP contribution is 2.17. The Bertz CT molecular complexity index is 1370. The zero-order chi connectivity index (χ0) is 53.6. The molecule has 1 unspecified atom stereocenters. The molecule has 0 aromatic heterocycles. The second-order valence-corrected chi connectivity index (χ2v) is 21.3. The molecule has 6 nitrogen and oxygen atoms in total. The van der Waals surface area contributed by atoms with E-state index in [-0.39, 0.29) is 31.1 Å². The molecule has 0 spiro atoms. The van der Waals surface area contributed by atoms with Crippen molar-refractivity contribution in [3.8, 4) is 0 Å². The van der Waals surface area contributed by atoms with Gasteiger partial charge in [0.15, 0.2) is 6.10 Å². The molecule has 0 aromatic rings. The maximum absolute atomic E-state index is 12.9. The van der Waals surface area contributed by atoms with Crippen molar-refractivity contribution in [2.75, 3.05) is 13.2 Å². The number of esters is 3. The van der Waals surface area contributed by atoms with Crippen molar-refractivity contribution >= 4 is 17.9 Å². The van der Waals surface area contributed by atoms with Crippen molar-refractivity contribution in [3.63, 3.8) is 0 Å². The van der Waals surface area contributed by atoms with Crippen molar-refractivity contribution in [1.29, 1.82) is 0 Å². The van der Waals surface area contributed by atoms with E-state index in [0.29, 0.717) is 19.3 Å². The molecule has 0 bridgehead atoms. The van der Waals surface area contributed by atoms with Crippen molar-refractivity contribution in [2.45, 2.75) is 329 Å². The molecule has 6 heteroatoms. The van der Waals surface area contributed by atoms with Gasteiger partial charge in [-0.1, -0.05) is 286 Å². The molecule has 74 heavy (non-hydrogen) atoms. The van der Waals surface area contributed by atoms with Gasteiger partial charge in [0.2, 0.25) is 0 Å². The Morgan fingerprint density at radius 3 is 0.851 bits per heavy atom. The minimum atomic E-state index is -0.796. The first-order valence-electron chi connectivity index (χ1n) is 31.9. The Morgan fingerprint density at radius 2 is 0.527 bits per heavy atom. The van der Waals surface area contributed by atoms with Crippen molar-refractivity contribution in [2.24, 2.45) is 0 Å². The van der Waals surface area contributed by atoms with E-state index in [9.17, 15) is 14.4 Å². The van der Waals surface area contributed by atoms with E-state index in [2.05, 4.69) is 93.7 Å². The van der Waals surface area contributed by atoms with Gasteiger partial charge in [0, 0.05) is 19.3 Å². The molecule has 0 saturated heterocycles. The maximum atomic E-state index is 12.9. The molecule has 0 aliphatic heterocycles. The molecule has 0 aliphatic rings. The molecular formula is C68H120O6. The number of ether oxygens (including phenoxy) is 3. The number of carbonyl (C=O) groups excluding carboxylic acids is 3. The van der Waals surface area contributed by atoms with Gasteiger partial charge in [-0.25, -0.2) is 0 Å². The van der Waals surface area contributed by atoms with Crippen molar-refractivity contribution in [3.05, 3.63) is 72.9 Å². The van der Waals surface area contributed by atoms with Crippen LogP contribution >= 0.6 is 0 Å². The SMILES string of the molecule is CC/C=C\C/C=C\C/C=C\C/C=C\C/C=C\CCCCCC(=O)OC(COC(=O)CCCCCCC/C=C\CCCCCCCC)COC(=O)CCCCCCCCCCCCCCCCCCCCCCCC. The van der Waals surface area contributed by atoms with Crippen molar-refractivity contribution < 1.29 is 28.6 Å². The van der Waals surface area contributed by atoms with Gasteiger partial charge in [-0.3, -0.25) is 14.4 Å². The monoisotopic (exact) mass is 1030 g/mol. The molecule has 0 radical (unpaired) electrons. The average molecular weight is 1030 g/mol. The van der Waals surface area contributed by atoms with Crippen LogP contribution in [0.25, 0.3) is 0 Å². The number of allylic oxidation sites excluding steroid dienone is 12.